The summed E-state index contributed by atoms with van der Waals surface area (Å²) in [6.45, 7) is 29.3. The van der Waals surface area contributed by atoms with Crippen molar-refractivity contribution in [1.29, 1.82) is 0 Å². The maximum absolute atomic E-state index is 10.3. The minimum absolute atomic E-state index is 0.165. The molecule has 7 atom stereocenters. The van der Waals surface area contributed by atoms with Crippen LogP contribution in [0, 0.1) is 28.1 Å². The van der Waals surface area contributed by atoms with Crippen molar-refractivity contribution < 1.29 is 14.0 Å². The van der Waals surface area contributed by atoms with Crippen molar-refractivity contribution in [3.8, 4) is 0 Å². The average Bonchev–Trinajstić information content (AvgIpc) is 3.08. The Hall–Kier alpha value is 0.0538. The number of hydrogen-bond donors (Lipinski definition) is 1. The second-order valence-corrected chi connectivity index (χ2v) is 26.9. The lowest BCUT2D eigenvalue weighted by Crippen LogP contribution is -2.57. The summed E-state index contributed by atoms with van der Waals surface area (Å²) in [4.78, 5) is 0. The molecule has 3 fully saturated rings. The van der Waals surface area contributed by atoms with Crippen LogP contribution in [0.15, 0.2) is 11.6 Å². The van der Waals surface area contributed by atoms with E-state index in [1.807, 2.05) is 0 Å². The standard InChI is InChI=1S/C33H62O3Si2/c1-29(2,3)37(9,10)35-24-15-19-32(8)27-17-18-31(7)26(25(27)16-20-33(32,23-24)21-22-34)13-14-28(31)36-38(11,12)30(4,5)6/h17,24-26,28,34H,13-16,18-23H2,1-12H3/t24?,25-,26-,28?,31-,32+,33?/m0/s1. The van der Waals surface area contributed by atoms with Crippen LogP contribution >= 0.6 is 0 Å². The molecule has 0 aromatic heterocycles. The Morgan fingerprint density at radius 3 is 2.05 bits per heavy atom. The summed E-state index contributed by atoms with van der Waals surface area (Å²) in [5.74, 6) is 1.43. The van der Waals surface area contributed by atoms with Crippen LogP contribution in [0.4, 0.5) is 0 Å². The summed E-state index contributed by atoms with van der Waals surface area (Å²) in [5, 5.41) is 10.8. The smallest absolute Gasteiger partial charge is 0.192 e. The molecule has 3 saturated carbocycles. The van der Waals surface area contributed by atoms with Crippen LogP contribution < -0.4 is 0 Å². The van der Waals surface area contributed by atoms with E-state index in [9.17, 15) is 5.11 Å². The molecule has 0 spiro atoms. The Balaban J connectivity index is 1.61. The van der Waals surface area contributed by atoms with E-state index in [4.69, 9.17) is 8.85 Å². The Morgan fingerprint density at radius 2 is 1.47 bits per heavy atom. The van der Waals surface area contributed by atoms with E-state index in [0.29, 0.717) is 24.7 Å². The van der Waals surface area contributed by atoms with Crippen molar-refractivity contribution in [1.82, 2.24) is 0 Å². The zero-order valence-corrected chi connectivity index (χ0v) is 29.2. The monoisotopic (exact) mass is 562 g/mol. The summed E-state index contributed by atoms with van der Waals surface area (Å²) in [5.41, 5.74) is 2.38. The van der Waals surface area contributed by atoms with Crippen molar-refractivity contribution in [2.24, 2.45) is 28.1 Å². The molecule has 3 nitrogen and oxygen atoms in total. The molecular weight excluding hydrogens is 501 g/mol. The van der Waals surface area contributed by atoms with E-state index in [0.717, 1.165) is 25.2 Å². The number of fused-ring (bicyclic) bond motifs is 5. The average molecular weight is 563 g/mol. The van der Waals surface area contributed by atoms with Gasteiger partial charge in [0.25, 0.3) is 0 Å². The molecule has 4 aliphatic carbocycles. The highest BCUT2D eigenvalue weighted by Crippen LogP contribution is 2.70. The predicted octanol–water partition coefficient (Wildman–Crippen LogP) is 9.48. The molecule has 5 heteroatoms. The van der Waals surface area contributed by atoms with Crippen LogP contribution in [-0.2, 0) is 8.85 Å². The van der Waals surface area contributed by atoms with Gasteiger partial charge in [-0.05, 0) is 122 Å². The van der Waals surface area contributed by atoms with Crippen LogP contribution in [-0.4, -0.2) is 40.6 Å². The molecule has 1 N–H and O–H groups in total. The molecule has 38 heavy (non-hydrogen) atoms. The minimum Gasteiger partial charge on any atom is -0.414 e. The number of allylic oxidation sites excluding steroid dienone is 2. The normalized spacial score (nSPS) is 40.3. The van der Waals surface area contributed by atoms with E-state index >= 15 is 0 Å². The van der Waals surface area contributed by atoms with E-state index in [1.54, 1.807) is 5.57 Å². The first-order chi connectivity index (χ1) is 17.2. The molecule has 0 aliphatic heterocycles. The Labute approximate surface area is 238 Å². The van der Waals surface area contributed by atoms with Crippen LogP contribution in [0.5, 0.6) is 0 Å². The molecule has 0 saturated heterocycles. The van der Waals surface area contributed by atoms with Crippen molar-refractivity contribution in [2.75, 3.05) is 6.61 Å². The van der Waals surface area contributed by atoms with Gasteiger partial charge in [-0.1, -0.05) is 67.0 Å². The second kappa shape index (κ2) is 9.81. The SMILES string of the molecule is CC(C)(C)[Si](C)(C)OC1CC[C@]2(C)C3=CC[C@]4(C)C(O[Si](C)(C)C(C)(C)C)CC[C@H]4[C@@H]3CCC2(CCO)C1. The highest BCUT2D eigenvalue weighted by Gasteiger charge is 2.63. The van der Waals surface area contributed by atoms with E-state index in [2.05, 4.69) is 87.7 Å². The Bertz CT molecular complexity index is 912. The zero-order valence-electron chi connectivity index (χ0n) is 27.2. The van der Waals surface area contributed by atoms with Crippen molar-refractivity contribution in [3.63, 3.8) is 0 Å². The molecule has 4 aliphatic rings. The van der Waals surface area contributed by atoms with Gasteiger partial charge in [0.1, 0.15) is 0 Å². The first-order valence-corrected chi connectivity index (χ1v) is 21.7. The lowest BCUT2D eigenvalue weighted by atomic mass is 9.42. The summed E-state index contributed by atoms with van der Waals surface area (Å²) in [7, 11) is -3.62. The van der Waals surface area contributed by atoms with E-state index < -0.39 is 16.6 Å². The highest BCUT2D eigenvalue weighted by molar-refractivity contribution is 6.74. The molecule has 0 aromatic carbocycles. The van der Waals surface area contributed by atoms with Gasteiger partial charge in [-0.3, -0.25) is 0 Å². The minimum atomic E-state index is -1.82. The van der Waals surface area contributed by atoms with Gasteiger partial charge in [0.05, 0.1) is 6.10 Å². The number of aliphatic hydroxyl groups excluding tert-OH is 1. The third kappa shape index (κ3) is 4.90. The van der Waals surface area contributed by atoms with Gasteiger partial charge in [-0.25, -0.2) is 0 Å². The van der Waals surface area contributed by atoms with Crippen molar-refractivity contribution in [2.45, 2.75) is 162 Å². The Kier molecular flexibility index (Phi) is 8.01. The molecule has 0 bridgehead atoms. The van der Waals surface area contributed by atoms with Gasteiger partial charge < -0.3 is 14.0 Å². The third-order valence-electron chi connectivity index (χ3n) is 13.4. The first-order valence-electron chi connectivity index (χ1n) is 15.9. The molecule has 0 heterocycles. The summed E-state index contributed by atoms with van der Waals surface area (Å²) >= 11 is 0. The van der Waals surface area contributed by atoms with E-state index in [1.165, 1.54) is 38.5 Å². The number of aliphatic hydroxyl groups is 1. The van der Waals surface area contributed by atoms with Gasteiger partial charge in [0, 0.05) is 12.7 Å². The van der Waals surface area contributed by atoms with Crippen molar-refractivity contribution in [3.05, 3.63) is 11.6 Å². The number of hydrogen-bond acceptors (Lipinski definition) is 3. The van der Waals surface area contributed by atoms with Crippen LogP contribution in [0.25, 0.3) is 0 Å². The van der Waals surface area contributed by atoms with Crippen LogP contribution in [0.3, 0.4) is 0 Å². The van der Waals surface area contributed by atoms with Gasteiger partial charge in [-0.2, -0.15) is 0 Å². The third-order valence-corrected chi connectivity index (χ3v) is 22.4. The largest absolute Gasteiger partial charge is 0.414 e. The lowest BCUT2D eigenvalue weighted by Gasteiger charge is -2.63. The number of rotatable bonds is 6. The van der Waals surface area contributed by atoms with Crippen molar-refractivity contribution >= 4 is 16.6 Å². The van der Waals surface area contributed by atoms with Gasteiger partial charge in [0.2, 0.25) is 0 Å². The topological polar surface area (TPSA) is 38.7 Å². The fraction of sp³-hybridized carbons (Fsp3) is 0.939. The lowest BCUT2D eigenvalue weighted by molar-refractivity contribution is -0.0913. The Morgan fingerprint density at radius 1 is 0.868 bits per heavy atom. The summed E-state index contributed by atoms with van der Waals surface area (Å²) in [6.07, 6.45) is 14.1. The molecule has 220 valence electrons. The van der Waals surface area contributed by atoms with Crippen LogP contribution in [0.1, 0.15) is 113 Å². The second-order valence-electron chi connectivity index (χ2n) is 17.4. The quantitative estimate of drug-likeness (QED) is 0.259. The van der Waals surface area contributed by atoms with Crippen LogP contribution in [0.2, 0.25) is 36.3 Å². The first kappa shape index (κ1) is 31.0. The highest BCUT2D eigenvalue weighted by atomic mass is 28.4. The molecule has 4 rings (SSSR count). The molecule has 0 radical (unpaired) electrons. The molecule has 0 amide bonds. The fourth-order valence-electron chi connectivity index (χ4n) is 8.74. The van der Waals surface area contributed by atoms with Gasteiger partial charge in [0.15, 0.2) is 16.6 Å². The maximum atomic E-state index is 10.3. The molecular formula is C33H62O3Si2. The van der Waals surface area contributed by atoms with Gasteiger partial charge >= 0.3 is 0 Å². The van der Waals surface area contributed by atoms with Gasteiger partial charge in [-0.15, -0.1) is 0 Å². The molecule has 3 unspecified atom stereocenters. The predicted molar refractivity (Wildman–Crippen MR) is 166 cm³/mol. The fourth-order valence-corrected chi connectivity index (χ4v) is 11.6. The summed E-state index contributed by atoms with van der Waals surface area (Å²) in [6, 6.07) is 0. The molecule has 0 aromatic rings. The summed E-state index contributed by atoms with van der Waals surface area (Å²) < 4.78 is 14.2. The van der Waals surface area contributed by atoms with E-state index in [-0.39, 0.29) is 26.3 Å². The zero-order chi connectivity index (χ0) is 28.6. The maximum Gasteiger partial charge on any atom is 0.192 e.